The lowest BCUT2D eigenvalue weighted by Gasteiger charge is -2.22. The fraction of sp³-hybridized carbons (Fsp3) is 0.242. The first-order valence-electron chi connectivity index (χ1n) is 26.6. The van der Waals surface area contributed by atoms with E-state index in [1.165, 1.54) is 6.92 Å². The van der Waals surface area contributed by atoms with Crippen LogP contribution in [-0.4, -0.2) is 52.8 Å². The molecule has 0 aliphatic heterocycles. The average Bonchev–Trinajstić information content (AvgIpc) is 4.36. The maximum absolute atomic E-state index is 13.8. The minimum absolute atomic E-state index is 0.0253. The lowest BCUT2D eigenvalue weighted by atomic mass is 9.85. The summed E-state index contributed by atoms with van der Waals surface area (Å²) < 4.78 is 16.4. The van der Waals surface area contributed by atoms with Gasteiger partial charge in [-0.2, -0.15) is 0 Å². The predicted molar refractivity (Wildman–Crippen MR) is 314 cm³/mol. The van der Waals surface area contributed by atoms with E-state index in [2.05, 4.69) is 9.55 Å². The van der Waals surface area contributed by atoms with Crippen LogP contribution in [0.4, 0.5) is 0 Å². The number of ether oxygens (including phenoxy) is 2. The molecular weight excluding hydrogens is 1050 g/mol. The van der Waals surface area contributed by atoms with Crippen LogP contribution in [0.3, 0.4) is 0 Å². The number of benzene rings is 6. The molecule has 2 N–H and O–H groups in total. The Morgan fingerprint density at radius 2 is 0.963 bits per heavy atom. The number of carboxylic acids is 2. The van der Waals surface area contributed by atoms with Gasteiger partial charge >= 0.3 is 11.9 Å². The van der Waals surface area contributed by atoms with Crippen molar-refractivity contribution in [1.29, 1.82) is 0 Å². The molecule has 0 bridgehead atoms. The molecule has 1 saturated carbocycles. The SMILES string of the molecule is CC(=O)c1c(CC(C)(C)C(=O)O)n(Cc2ccc(Cl)cc2)c2ccc(OCc3ccc4ccccc4n3)cc12.CC(C)(Cc1c(C(=O)C2CC2)c2cc(OCc3ccc4ccccc4n3)ccc2n1Cc1ccc(Cl)cc1)C(=O)O. The van der Waals surface area contributed by atoms with E-state index in [1.54, 1.807) is 27.7 Å². The molecule has 11 rings (SSSR count). The number of ketones is 2. The van der Waals surface area contributed by atoms with Gasteiger partial charge in [0.15, 0.2) is 11.6 Å². The topological polar surface area (TPSA) is 163 Å². The summed E-state index contributed by atoms with van der Waals surface area (Å²) >= 11 is 12.2. The Morgan fingerprint density at radius 1 is 0.550 bits per heavy atom. The van der Waals surface area contributed by atoms with Gasteiger partial charge in [0.1, 0.15) is 24.7 Å². The van der Waals surface area contributed by atoms with Crippen LogP contribution in [0.1, 0.15) is 102 Å². The van der Waals surface area contributed by atoms with E-state index < -0.39 is 22.8 Å². The second kappa shape index (κ2) is 22.8. The lowest BCUT2D eigenvalue weighted by Crippen LogP contribution is -2.28. The molecule has 0 radical (unpaired) electrons. The van der Waals surface area contributed by atoms with E-state index in [9.17, 15) is 29.4 Å². The normalized spacial score (nSPS) is 12.6. The highest BCUT2D eigenvalue weighted by Crippen LogP contribution is 2.41. The molecule has 12 nitrogen and oxygen atoms in total. The van der Waals surface area contributed by atoms with Crippen LogP contribution in [0.2, 0.25) is 10.0 Å². The number of fused-ring (bicyclic) bond motifs is 4. The molecule has 4 heterocycles. The Morgan fingerprint density at radius 3 is 1.38 bits per heavy atom. The van der Waals surface area contributed by atoms with Crippen molar-refractivity contribution in [3.8, 4) is 11.5 Å². The van der Waals surface area contributed by atoms with Gasteiger partial charge in [-0.1, -0.05) is 96.0 Å². The molecule has 0 saturated heterocycles. The fourth-order valence-corrected chi connectivity index (χ4v) is 10.4. The molecular formula is C66H60Cl2N4O8. The van der Waals surface area contributed by atoms with E-state index >= 15 is 0 Å². The van der Waals surface area contributed by atoms with Crippen LogP contribution in [0.15, 0.2) is 158 Å². The van der Waals surface area contributed by atoms with Crippen molar-refractivity contribution in [1.82, 2.24) is 19.1 Å². The van der Waals surface area contributed by atoms with Crippen LogP contribution in [0, 0.1) is 16.7 Å². The predicted octanol–water partition coefficient (Wildman–Crippen LogP) is 15.0. The highest BCUT2D eigenvalue weighted by molar-refractivity contribution is 6.30. The lowest BCUT2D eigenvalue weighted by molar-refractivity contribution is -0.147. The van der Waals surface area contributed by atoms with Crippen molar-refractivity contribution in [2.75, 3.05) is 0 Å². The van der Waals surface area contributed by atoms with E-state index in [-0.39, 0.29) is 43.5 Å². The standard InChI is InChI=1S/C34H31ClN2O4.C32H29ClN2O4/c1-34(2,33(39)40)18-30-31(32(38)23-9-10-23)27-17-26(41-20-25-14-11-22-5-3-4-6-28(22)36-25)15-16-29(27)37(30)19-21-7-12-24(35)13-8-21;1-20(36)30-26-16-25(39-19-24-13-10-22-6-4-5-7-27(22)34-24)14-15-28(26)35(18-21-8-11-23(33)12-9-21)29(30)17-32(2,3)31(37)38/h3-8,11-17,23H,9-10,18-20H2,1-2H3,(H,39,40);4-16H,17-19H2,1-3H3,(H,37,38). The zero-order valence-electron chi connectivity index (χ0n) is 45.1. The second-order valence-corrected chi connectivity index (χ2v) is 22.8. The summed E-state index contributed by atoms with van der Waals surface area (Å²) in [6, 6.07) is 50.4. The third-order valence-corrected chi connectivity index (χ3v) is 15.3. The van der Waals surface area contributed by atoms with E-state index in [4.69, 9.17) is 37.7 Å². The maximum atomic E-state index is 13.8. The number of Topliss-reactive ketones (excluding diaryl/α,β-unsaturated/α-hetero) is 2. The van der Waals surface area contributed by atoms with Crippen molar-refractivity contribution in [3.05, 3.63) is 213 Å². The number of carbonyl (C=O) groups excluding carboxylic acids is 2. The van der Waals surface area contributed by atoms with Gasteiger partial charge in [0.25, 0.3) is 0 Å². The molecule has 80 heavy (non-hydrogen) atoms. The van der Waals surface area contributed by atoms with Crippen molar-refractivity contribution >= 4 is 90.3 Å². The highest BCUT2D eigenvalue weighted by atomic mass is 35.5. The van der Waals surface area contributed by atoms with Gasteiger partial charge < -0.3 is 28.8 Å². The molecule has 0 unspecified atom stereocenters. The summed E-state index contributed by atoms with van der Waals surface area (Å²) in [6.45, 7) is 9.79. The first kappa shape index (κ1) is 55.0. The Bertz CT molecular complexity index is 4010. The Labute approximate surface area is 473 Å². The minimum Gasteiger partial charge on any atom is -0.487 e. The number of aliphatic carboxylic acids is 2. The van der Waals surface area contributed by atoms with Gasteiger partial charge in [-0.25, -0.2) is 9.97 Å². The maximum Gasteiger partial charge on any atom is 0.309 e. The smallest absolute Gasteiger partial charge is 0.309 e. The molecule has 406 valence electrons. The summed E-state index contributed by atoms with van der Waals surface area (Å²) in [4.78, 5) is 60.5. The third kappa shape index (κ3) is 12.1. The number of hydrogen-bond donors (Lipinski definition) is 2. The molecule has 10 aromatic rings. The van der Waals surface area contributed by atoms with E-state index in [1.807, 2.05) is 162 Å². The molecule has 1 fully saturated rings. The Kier molecular flexibility index (Phi) is 15.7. The van der Waals surface area contributed by atoms with Gasteiger partial charge in [-0.05, 0) is 144 Å². The van der Waals surface area contributed by atoms with E-state index in [0.29, 0.717) is 51.5 Å². The fourth-order valence-electron chi connectivity index (χ4n) is 10.1. The van der Waals surface area contributed by atoms with Crippen LogP contribution >= 0.6 is 23.2 Å². The van der Waals surface area contributed by atoms with Crippen LogP contribution in [-0.2, 0) is 48.7 Å². The zero-order chi connectivity index (χ0) is 56.5. The second-order valence-electron chi connectivity index (χ2n) is 21.9. The summed E-state index contributed by atoms with van der Waals surface area (Å²) in [5.41, 5.74) is 7.54. The van der Waals surface area contributed by atoms with Crippen molar-refractivity contribution in [2.24, 2.45) is 16.7 Å². The number of carboxylic acid groups (broad SMARTS) is 2. The molecule has 0 amide bonds. The van der Waals surface area contributed by atoms with Crippen LogP contribution in [0.5, 0.6) is 11.5 Å². The summed E-state index contributed by atoms with van der Waals surface area (Å²) in [6.07, 6.45) is 2.12. The number of para-hydroxylation sites is 2. The van der Waals surface area contributed by atoms with Crippen LogP contribution in [0.25, 0.3) is 43.6 Å². The third-order valence-electron chi connectivity index (χ3n) is 14.8. The summed E-state index contributed by atoms with van der Waals surface area (Å²) in [7, 11) is 0. The largest absolute Gasteiger partial charge is 0.487 e. The number of halogens is 2. The monoisotopic (exact) mass is 1110 g/mol. The van der Waals surface area contributed by atoms with Crippen molar-refractivity contribution in [2.45, 2.75) is 86.6 Å². The zero-order valence-corrected chi connectivity index (χ0v) is 46.6. The Hall–Kier alpha value is -8.32. The summed E-state index contributed by atoms with van der Waals surface area (Å²) in [5, 5.41) is 24.8. The number of carbonyl (C=O) groups is 4. The molecule has 0 atom stereocenters. The molecule has 1 aliphatic rings. The van der Waals surface area contributed by atoms with Crippen LogP contribution < -0.4 is 9.47 Å². The summed E-state index contributed by atoms with van der Waals surface area (Å²) in [5.74, 6) is -0.668. The van der Waals surface area contributed by atoms with Gasteiger partial charge in [-0.3, -0.25) is 19.2 Å². The van der Waals surface area contributed by atoms with Gasteiger partial charge in [-0.15, -0.1) is 0 Å². The van der Waals surface area contributed by atoms with Gasteiger partial charge in [0.2, 0.25) is 0 Å². The van der Waals surface area contributed by atoms with Gasteiger partial charge in [0.05, 0.1) is 33.3 Å². The molecule has 1 aliphatic carbocycles. The Balaban J connectivity index is 0.000000180. The van der Waals surface area contributed by atoms with E-state index in [0.717, 1.165) is 84.7 Å². The number of hydrogen-bond acceptors (Lipinski definition) is 8. The van der Waals surface area contributed by atoms with Crippen molar-refractivity contribution < 1.29 is 38.9 Å². The first-order valence-corrected chi connectivity index (χ1v) is 27.3. The molecule has 14 heteroatoms. The minimum atomic E-state index is -1.07. The number of nitrogens with zero attached hydrogens (tertiary/aromatic N) is 4. The molecule has 4 aromatic heterocycles. The quantitative estimate of drug-likeness (QED) is 0.0745. The molecule has 0 spiro atoms. The van der Waals surface area contributed by atoms with Gasteiger partial charge in [0, 0.05) is 97.0 Å². The number of rotatable bonds is 19. The number of pyridine rings is 2. The molecule has 6 aromatic carbocycles. The average molecular weight is 1110 g/mol. The number of aromatic nitrogens is 4. The van der Waals surface area contributed by atoms with Crippen molar-refractivity contribution in [3.63, 3.8) is 0 Å². The highest BCUT2D eigenvalue weighted by Gasteiger charge is 2.38. The first-order chi connectivity index (χ1) is 38.3.